The molecule has 0 saturated carbocycles. The van der Waals surface area contributed by atoms with Crippen LogP contribution in [0.5, 0.6) is 0 Å². The normalized spacial score (nSPS) is 12.4. The summed E-state index contributed by atoms with van der Waals surface area (Å²) in [5.41, 5.74) is 11.5. The van der Waals surface area contributed by atoms with E-state index in [1.54, 1.807) is 0 Å². The van der Waals surface area contributed by atoms with E-state index in [1.807, 2.05) is 48.5 Å². The number of hydrogen-bond donors (Lipinski definition) is 0. The van der Waals surface area contributed by atoms with E-state index in [2.05, 4.69) is 109 Å². The van der Waals surface area contributed by atoms with Crippen LogP contribution in [-0.2, 0) is 0 Å². The van der Waals surface area contributed by atoms with Gasteiger partial charge in [-0.15, -0.1) is 0 Å². The van der Waals surface area contributed by atoms with E-state index in [-0.39, 0.29) is 0 Å². The average molecular weight is 691 g/mol. The Morgan fingerprint density at radius 1 is 0.222 bits per heavy atom. The first-order valence-corrected chi connectivity index (χ1v) is 18.2. The zero-order valence-corrected chi connectivity index (χ0v) is 28.6. The topological polar surface area (TPSA) is 52.6 Å². The maximum Gasteiger partial charge on any atom is 0.136 e. The van der Waals surface area contributed by atoms with Crippen LogP contribution in [0.1, 0.15) is 0 Å². The predicted molar refractivity (Wildman–Crippen MR) is 221 cm³/mol. The van der Waals surface area contributed by atoms with Crippen LogP contribution in [0.2, 0.25) is 0 Å². The van der Waals surface area contributed by atoms with Crippen molar-refractivity contribution >= 4 is 109 Å². The van der Waals surface area contributed by atoms with Crippen LogP contribution in [-0.4, -0.2) is 0 Å². The summed E-state index contributed by atoms with van der Waals surface area (Å²) < 4.78 is 25.7. The minimum atomic E-state index is 0.854. The van der Waals surface area contributed by atoms with E-state index in [9.17, 15) is 0 Å². The Bertz CT molecular complexity index is 3430. The quantitative estimate of drug-likeness (QED) is 0.169. The van der Waals surface area contributed by atoms with Crippen LogP contribution in [0.4, 0.5) is 0 Å². The molecule has 4 heterocycles. The first-order chi connectivity index (χ1) is 26.8. The minimum Gasteiger partial charge on any atom is -0.456 e. The molecule has 0 aliphatic carbocycles. The summed E-state index contributed by atoms with van der Waals surface area (Å²) >= 11 is 0. The van der Waals surface area contributed by atoms with Crippen molar-refractivity contribution in [2.45, 2.75) is 0 Å². The maximum absolute atomic E-state index is 6.61. The number of hydrogen-bond acceptors (Lipinski definition) is 4. The highest BCUT2D eigenvalue weighted by Crippen LogP contribution is 2.47. The molecule has 54 heavy (non-hydrogen) atoms. The van der Waals surface area contributed by atoms with Crippen molar-refractivity contribution in [1.82, 2.24) is 0 Å². The molecule has 0 spiro atoms. The van der Waals surface area contributed by atoms with E-state index in [4.69, 9.17) is 17.7 Å². The third-order valence-electron chi connectivity index (χ3n) is 11.5. The Kier molecular flexibility index (Phi) is 5.34. The SMILES string of the molecule is c1ccc2c(c1)oc1ccc3oc4cc(-c5c6ccccc6c(-c6ccc7c(c6)oc6ccc8oc9ccccc9c8c67)c6ccccc56)ccc4c3c12. The second kappa shape index (κ2) is 10.2. The molecule has 0 unspecified atom stereocenters. The lowest BCUT2D eigenvalue weighted by Gasteiger charge is -2.17. The number of benzene rings is 9. The van der Waals surface area contributed by atoms with Crippen LogP contribution < -0.4 is 0 Å². The Morgan fingerprint density at radius 2 is 0.519 bits per heavy atom. The molecule has 4 heteroatoms. The van der Waals surface area contributed by atoms with Gasteiger partial charge in [-0.1, -0.05) is 97.1 Å². The van der Waals surface area contributed by atoms with E-state index in [0.29, 0.717) is 0 Å². The van der Waals surface area contributed by atoms with Crippen LogP contribution in [0.3, 0.4) is 0 Å². The second-order valence-corrected chi connectivity index (χ2v) is 14.3. The monoisotopic (exact) mass is 690 g/mol. The third kappa shape index (κ3) is 3.66. The van der Waals surface area contributed by atoms with E-state index in [1.165, 1.54) is 32.7 Å². The largest absolute Gasteiger partial charge is 0.456 e. The molecule has 0 atom stereocenters. The summed E-state index contributed by atoms with van der Waals surface area (Å²) in [6.45, 7) is 0. The summed E-state index contributed by atoms with van der Waals surface area (Å²) in [7, 11) is 0. The van der Waals surface area contributed by atoms with Crippen molar-refractivity contribution in [2.75, 3.05) is 0 Å². The standard InChI is InChI=1S/C50H26O4/c1-2-10-30-29(9-1)45(27-17-19-35-43(25-27)53-41-23-21-39-47(49(35)41)33-13-5-7-15-37(33)51-39)31-11-3-4-12-32(31)46(30)28-18-20-36-44(26-28)54-42-24-22-40-48(50(36)42)34-14-6-8-16-38(34)52-40/h1-26H. The first-order valence-electron chi connectivity index (χ1n) is 18.2. The summed E-state index contributed by atoms with van der Waals surface area (Å²) in [6.07, 6.45) is 0. The highest BCUT2D eigenvalue weighted by atomic mass is 16.3. The van der Waals surface area contributed by atoms with E-state index < -0.39 is 0 Å². The van der Waals surface area contributed by atoms with Gasteiger partial charge in [0, 0.05) is 43.1 Å². The number of fused-ring (bicyclic) bond motifs is 16. The van der Waals surface area contributed by atoms with Crippen molar-refractivity contribution in [1.29, 1.82) is 0 Å². The van der Waals surface area contributed by atoms with Gasteiger partial charge in [0.2, 0.25) is 0 Å². The molecule has 0 aliphatic rings. The van der Waals surface area contributed by atoms with E-state index >= 15 is 0 Å². The Morgan fingerprint density at radius 3 is 0.889 bits per heavy atom. The average Bonchev–Trinajstić information content (AvgIpc) is 3.98. The van der Waals surface area contributed by atoms with Crippen molar-refractivity contribution in [3.63, 3.8) is 0 Å². The lowest BCUT2D eigenvalue weighted by atomic mass is 9.85. The van der Waals surface area contributed by atoms with Gasteiger partial charge in [-0.05, 0) is 104 Å². The van der Waals surface area contributed by atoms with E-state index in [0.717, 1.165) is 98.9 Å². The molecule has 0 radical (unpaired) electrons. The third-order valence-corrected chi connectivity index (χ3v) is 11.5. The fourth-order valence-electron chi connectivity index (χ4n) is 9.22. The van der Waals surface area contributed by atoms with Gasteiger partial charge >= 0.3 is 0 Å². The highest BCUT2D eigenvalue weighted by molar-refractivity contribution is 6.28. The van der Waals surface area contributed by atoms with Crippen molar-refractivity contribution < 1.29 is 17.7 Å². The van der Waals surface area contributed by atoms with Crippen molar-refractivity contribution in [3.05, 3.63) is 158 Å². The lowest BCUT2D eigenvalue weighted by Crippen LogP contribution is -1.90. The lowest BCUT2D eigenvalue weighted by molar-refractivity contribution is 0.663. The number of para-hydroxylation sites is 2. The Balaban J connectivity index is 1.05. The second-order valence-electron chi connectivity index (χ2n) is 14.3. The Labute approximate surface area is 306 Å². The predicted octanol–water partition coefficient (Wildman–Crippen LogP) is 14.9. The summed E-state index contributed by atoms with van der Waals surface area (Å²) in [5.74, 6) is 0. The molecule has 250 valence electrons. The fourth-order valence-corrected chi connectivity index (χ4v) is 9.22. The molecule has 4 aromatic heterocycles. The zero-order chi connectivity index (χ0) is 35.1. The maximum atomic E-state index is 6.61. The molecule has 0 bridgehead atoms. The van der Waals surface area contributed by atoms with Gasteiger partial charge in [-0.2, -0.15) is 0 Å². The van der Waals surface area contributed by atoms with Gasteiger partial charge in [-0.3, -0.25) is 0 Å². The van der Waals surface area contributed by atoms with Gasteiger partial charge in [0.25, 0.3) is 0 Å². The highest BCUT2D eigenvalue weighted by Gasteiger charge is 2.21. The molecule has 0 amide bonds. The molecule has 13 aromatic rings. The number of furan rings is 4. The number of rotatable bonds is 2. The molecule has 0 fully saturated rings. The molecule has 4 nitrogen and oxygen atoms in total. The molecule has 0 saturated heterocycles. The zero-order valence-electron chi connectivity index (χ0n) is 28.6. The molecule has 0 aliphatic heterocycles. The minimum absolute atomic E-state index is 0.854. The summed E-state index contributed by atoms with van der Waals surface area (Å²) in [5, 5.41) is 13.5. The van der Waals surface area contributed by atoms with Crippen molar-refractivity contribution in [2.24, 2.45) is 0 Å². The van der Waals surface area contributed by atoms with Crippen LogP contribution >= 0.6 is 0 Å². The van der Waals surface area contributed by atoms with Crippen molar-refractivity contribution in [3.8, 4) is 22.3 Å². The Hall–Kier alpha value is -7.30. The van der Waals surface area contributed by atoms with Crippen LogP contribution in [0, 0.1) is 0 Å². The van der Waals surface area contributed by atoms with Gasteiger partial charge in [0.05, 0.1) is 0 Å². The molecule has 13 rings (SSSR count). The fraction of sp³-hybridized carbons (Fsp3) is 0. The summed E-state index contributed by atoms with van der Waals surface area (Å²) in [4.78, 5) is 0. The van der Waals surface area contributed by atoms with Gasteiger partial charge in [0.1, 0.15) is 44.7 Å². The van der Waals surface area contributed by atoms with Gasteiger partial charge < -0.3 is 17.7 Å². The molecular weight excluding hydrogens is 665 g/mol. The molecular formula is C50H26O4. The van der Waals surface area contributed by atoms with Crippen LogP contribution in [0.15, 0.2) is 175 Å². The van der Waals surface area contributed by atoms with Gasteiger partial charge in [0.15, 0.2) is 0 Å². The van der Waals surface area contributed by atoms with Gasteiger partial charge in [-0.25, -0.2) is 0 Å². The molecule has 9 aromatic carbocycles. The molecule has 0 N–H and O–H groups in total. The summed E-state index contributed by atoms with van der Waals surface area (Å²) in [6, 6.07) is 55.4. The van der Waals surface area contributed by atoms with Crippen LogP contribution in [0.25, 0.3) is 132 Å². The first kappa shape index (κ1) is 28.3. The smallest absolute Gasteiger partial charge is 0.136 e.